The summed E-state index contributed by atoms with van der Waals surface area (Å²) in [5, 5.41) is 77.4. The Morgan fingerprint density at radius 3 is 2.31 bits per heavy atom. The van der Waals surface area contributed by atoms with Gasteiger partial charge in [-0.2, -0.15) is 0 Å². The van der Waals surface area contributed by atoms with Gasteiger partial charge >= 0.3 is 5.97 Å². The Morgan fingerprint density at radius 1 is 1.00 bits per heavy atom. The molecule has 7 aliphatic rings. The first-order valence-corrected chi connectivity index (χ1v) is 14.2. The summed E-state index contributed by atoms with van der Waals surface area (Å²) in [6.07, 6.45) is -2.48. The van der Waals surface area contributed by atoms with E-state index in [0.717, 1.165) is 25.3 Å². The molecule has 45 heavy (non-hydrogen) atoms. The Morgan fingerprint density at radius 2 is 1.64 bits per heavy atom. The fourth-order valence-corrected chi connectivity index (χ4v) is 8.50. The monoisotopic (exact) mass is 638 g/mol. The smallest absolute Gasteiger partial charge is 0.358 e. The van der Waals surface area contributed by atoms with Crippen LogP contribution in [-0.2, 0) is 25.5 Å². The number of carbonyl (C=O) groups is 3. The van der Waals surface area contributed by atoms with Crippen molar-refractivity contribution in [3.8, 4) is 23.0 Å². The number of hydrogen-bond acceptors (Lipinski definition) is 13. The highest BCUT2D eigenvalue weighted by atomic mass is 35.5. The lowest BCUT2D eigenvalue weighted by atomic mass is 9.56. The molecule has 2 aromatic carbocycles. The zero-order valence-corrected chi connectivity index (χ0v) is 24.1. The largest absolute Gasteiger partial charge is 0.508 e. The van der Waals surface area contributed by atoms with E-state index in [1.807, 2.05) is 0 Å². The van der Waals surface area contributed by atoms with Crippen molar-refractivity contribution in [1.29, 1.82) is 0 Å². The van der Waals surface area contributed by atoms with E-state index < -0.39 is 132 Å². The molecule has 2 heterocycles. The van der Waals surface area contributed by atoms with Crippen LogP contribution in [0.3, 0.4) is 0 Å². The van der Waals surface area contributed by atoms with Crippen LogP contribution in [0.15, 0.2) is 35.1 Å². The van der Waals surface area contributed by atoms with Crippen LogP contribution in [0.4, 0.5) is 0 Å². The zero-order chi connectivity index (χ0) is 32.3. The van der Waals surface area contributed by atoms with Gasteiger partial charge in [-0.1, -0.05) is 11.6 Å². The number of aliphatic hydroxyl groups excluding tert-OH is 4. The predicted octanol–water partition coefficient (Wildman–Crippen LogP) is 2.77. The molecule has 2 bridgehead atoms. The van der Waals surface area contributed by atoms with Gasteiger partial charge in [-0.05, 0) is 37.1 Å². The van der Waals surface area contributed by atoms with Gasteiger partial charge in [-0.25, -0.2) is 4.79 Å². The fraction of sp³-hybridized carbons (Fsp3) is 0.323. The molecule has 6 atom stereocenters. The van der Waals surface area contributed by atoms with Crippen LogP contribution in [0.1, 0.15) is 51.9 Å². The van der Waals surface area contributed by atoms with Gasteiger partial charge in [-0.15, -0.1) is 0 Å². The predicted molar refractivity (Wildman–Crippen MR) is 150 cm³/mol. The molecule has 0 radical (unpaired) electrons. The molecule has 9 rings (SSSR count). The highest BCUT2D eigenvalue weighted by Crippen LogP contribution is 2.72. The van der Waals surface area contributed by atoms with Crippen molar-refractivity contribution >= 4 is 40.7 Å². The number of halogens is 1. The third-order valence-corrected chi connectivity index (χ3v) is 10.6. The number of Topliss-reactive ketones (excluding diaryl/α,β-unsaturated/α-hetero) is 2. The maximum absolute atomic E-state index is 14.6. The zero-order valence-electron chi connectivity index (χ0n) is 23.3. The molecule has 13 nitrogen and oxygen atoms in total. The third-order valence-electron chi connectivity index (χ3n) is 10.2. The lowest BCUT2D eigenvalue weighted by Crippen LogP contribution is -2.59. The highest BCUT2D eigenvalue weighted by Gasteiger charge is 2.80. The summed E-state index contributed by atoms with van der Waals surface area (Å²) in [4.78, 5) is 42.4. The molecule has 232 valence electrons. The van der Waals surface area contributed by atoms with Gasteiger partial charge in [0.25, 0.3) is 5.60 Å². The number of phenols is 3. The van der Waals surface area contributed by atoms with Crippen LogP contribution < -0.4 is 4.74 Å². The number of ketones is 2. The number of epoxide rings is 1. The highest BCUT2D eigenvalue weighted by molar-refractivity contribution is 6.34. The molecule has 2 aromatic rings. The van der Waals surface area contributed by atoms with Crippen LogP contribution in [-0.4, -0.2) is 83.8 Å². The number of esters is 1. The molecule has 2 fully saturated rings. The number of phenolic OH excluding ortho intramolecular Hbond substituents is 3. The van der Waals surface area contributed by atoms with Crippen molar-refractivity contribution in [3.63, 3.8) is 0 Å². The first kappa shape index (κ1) is 27.8. The molecule has 0 aromatic heterocycles. The van der Waals surface area contributed by atoms with Gasteiger partial charge < -0.3 is 50.0 Å². The van der Waals surface area contributed by atoms with Crippen molar-refractivity contribution in [1.82, 2.24) is 0 Å². The van der Waals surface area contributed by atoms with Crippen LogP contribution >= 0.6 is 11.6 Å². The number of hydrogen-bond donors (Lipinski definition) is 7. The van der Waals surface area contributed by atoms with Gasteiger partial charge in [0, 0.05) is 12.0 Å². The number of benzene rings is 2. The Bertz CT molecular complexity index is 1990. The molecular formula is C31H23ClO13. The minimum absolute atomic E-state index is 0.0242. The van der Waals surface area contributed by atoms with Crippen LogP contribution in [0, 0.1) is 5.41 Å². The van der Waals surface area contributed by atoms with E-state index in [9.17, 15) is 50.1 Å². The van der Waals surface area contributed by atoms with Crippen molar-refractivity contribution in [2.45, 2.75) is 49.1 Å². The lowest BCUT2D eigenvalue weighted by Gasteiger charge is -2.44. The first-order chi connectivity index (χ1) is 21.2. The van der Waals surface area contributed by atoms with Gasteiger partial charge in [-0.3, -0.25) is 9.59 Å². The molecule has 5 aliphatic carbocycles. The number of aromatic hydroxyl groups is 3. The van der Waals surface area contributed by atoms with E-state index in [1.165, 1.54) is 6.92 Å². The summed E-state index contributed by atoms with van der Waals surface area (Å²) < 4.78 is 17.2. The maximum Gasteiger partial charge on any atom is 0.358 e. The molecular weight excluding hydrogens is 616 g/mol. The maximum atomic E-state index is 14.6. The third kappa shape index (κ3) is 2.77. The SMILES string of the molecule is COC(=O)[C@@]12Oc3c(c(O)c(Cl)c4c3[C@@H]3C(=O)C5=C(O)c6c(O)ccc(O)c6C(=O)[C@@]5(C4)[C@H]4O[C@]43C)C(O)=C1C(O)=CCC2O. The van der Waals surface area contributed by atoms with Crippen LogP contribution in [0.2, 0.25) is 5.02 Å². The summed E-state index contributed by atoms with van der Waals surface area (Å²) in [5.74, 6) is -9.03. The second-order valence-corrected chi connectivity index (χ2v) is 12.6. The van der Waals surface area contributed by atoms with Crippen molar-refractivity contribution in [2.75, 3.05) is 7.11 Å². The van der Waals surface area contributed by atoms with Gasteiger partial charge in [0.15, 0.2) is 11.6 Å². The standard InChI is InChI=1S/C31H23ClO13/c1-29-18-13-8(7-30(27(29)45-29)19(24(18)40)21(37)14-9(33)3-4-10(34)15(14)26(30)41)20(32)23(39)16-22(38)17-11(35)5-6-12(36)31(17,28(42)43-2)44-25(13)16/h3-5,12,18,27,33-39H,6-7H2,1-2H3/t12?,18-,27+,29+,30+,31+/m1/s1. The second-order valence-electron chi connectivity index (χ2n) is 12.2. The molecule has 1 spiro atoms. The molecule has 7 N–H and O–H groups in total. The summed E-state index contributed by atoms with van der Waals surface area (Å²) >= 11 is 6.74. The fourth-order valence-electron chi connectivity index (χ4n) is 8.24. The summed E-state index contributed by atoms with van der Waals surface area (Å²) in [5.41, 5.74) is -8.56. The van der Waals surface area contributed by atoms with Gasteiger partial charge in [0.1, 0.15) is 63.6 Å². The number of ether oxygens (including phenoxy) is 3. The quantitative estimate of drug-likeness (QED) is 0.136. The Balaban J connectivity index is 1.49. The van der Waals surface area contributed by atoms with Gasteiger partial charge in [0.2, 0.25) is 0 Å². The normalized spacial score (nSPS) is 33.5. The van der Waals surface area contributed by atoms with Crippen molar-refractivity contribution in [2.24, 2.45) is 5.41 Å². The average molecular weight is 639 g/mol. The van der Waals surface area contributed by atoms with Crippen molar-refractivity contribution < 1.29 is 64.3 Å². The minimum atomic E-state index is -2.56. The van der Waals surface area contributed by atoms with Crippen LogP contribution in [0.5, 0.6) is 23.0 Å². The van der Waals surface area contributed by atoms with Crippen molar-refractivity contribution in [3.05, 3.63) is 68.0 Å². The summed E-state index contributed by atoms with van der Waals surface area (Å²) in [7, 11) is 0.995. The summed E-state index contributed by atoms with van der Waals surface area (Å²) in [6.45, 7) is 1.53. The molecule has 1 saturated heterocycles. The Kier molecular flexibility index (Phi) is 5.01. The Hall–Kier alpha value is -4.72. The van der Waals surface area contributed by atoms with E-state index in [4.69, 9.17) is 25.8 Å². The minimum Gasteiger partial charge on any atom is -0.508 e. The lowest BCUT2D eigenvalue weighted by molar-refractivity contribution is -0.166. The van der Waals surface area contributed by atoms with E-state index in [-0.39, 0.29) is 17.5 Å². The molecule has 1 unspecified atom stereocenters. The summed E-state index contributed by atoms with van der Waals surface area (Å²) in [6, 6.07) is 2.12. The molecule has 1 saturated carbocycles. The number of fused-ring (bicyclic) bond motifs is 3. The number of rotatable bonds is 1. The molecule has 14 heteroatoms. The molecule has 0 amide bonds. The topological polar surface area (TPSA) is 224 Å². The van der Waals surface area contributed by atoms with E-state index >= 15 is 0 Å². The number of aliphatic hydroxyl groups is 4. The van der Waals surface area contributed by atoms with Gasteiger partial charge in [0.05, 0.1) is 45.7 Å². The Labute approximate surface area is 257 Å². The van der Waals surface area contributed by atoms with E-state index in [1.54, 1.807) is 0 Å². The number of carbonyl (C=O) groups excluding carboxylic acids is 3. The molecule has 2 aliphatic heterocycles. The number of methoxy groups -OCH3 is 1. The average Bonchev–Trinajstić information content (AvgIpc) is 3.73. The van der Waals surface area contributed by atoms with Crippen LogP contribution in [0.25, 0.3) is 11.5 Å². The van der Waals surface area contributed by atoms with E-state index in [2.05, 4.69) is 0 Å². The second kappa shape index (κ2) is 8.10. The van der Waals surface area contributed by atoms with E-state index in [0.29, 0.717) is 0 Å². The first-order valence-electron chi connectivity index (χ1n) is 13.8.